The summed E-state index contributed by atoms with van der Waals surface area (Å²) in [7, 11) is 0. The van der Waals surface area contributed by atoms with Crippen LogP contribution in [0.4, 0.5) is 23.5 Å². The number of rotatable bonds is 6. The first kappa shape index (κ1) is 23.1. The molecule has 37 heavy (non-hydrogen) atoms. The Morgan fingerprint density at radius 2 is 1.65 bits per heavy atom. The predicted molar refractivity (Wildman–Crippen MR) is 142 cm³/mol. The van der Waals surface area contributed by atoms with Crippen LogP contribution in [0.5, 0.6) is 5.88 Å². The van der Waals surface area contributed by atoms with E-state index in [1.807, 2.05) is 30.3 Å². The molecule has 0 unspecified atom stereocenters. The fourth-order valence-corrected chi connectivity index (χ4v) is 4.78. The van der Waals surface area contributed by atoms with Crippen LogP contribution in [-0.4, -0.2) is 62.8 Å². The highest BCUT2D eigenvalue weighted by atomic mass is 16.3. The van der Waals surface area contributed by atoms with Gasteiger partial charge >= 0.3 is 0 Å². The highest BCUT2D eigenvalue weighted by molar-refractivity contribution is 5.57. The monoisotopic (exact) mass is 495 g/mol. The predicted octanol–water partition coefficient (Wildman–Crippen LogP) is 2.67. The molecule has 2 aromatic carbocycles. The molecule has 2 aliphatic rings. The Labute approximate surface area is 215 Å². The molecule has 0 saturated carbocycles. The quantitative estimate of drug-likeness (QED) is 0.369. The molecule has 10 nitrogen and oxygen atoms in total. The molecular formula is C27H29N9O. The first-order valence-electron chi connectivity index (χ1n) is 12.6. The second kappa shape index (κ2) is 10.4. The van der Waals surface area contributed by atoms with Crippen LogP contribution in [0.15, 0.2) is 61.1 Å². The van der Waals surface area contributed by atoms with Crippen molar-refractivity contribution in [2.45, 2.75) is 19.4 Å². The minimum absolute atomic E-state index is 0.0300. The third-order valence-corrected chi connectivity index (χ3v) is 6.82. The number of fused-ring (bicyclic) bond motifs is 1. The summed E-state index contributed by atoms with van der Waals surface area (Å²) < 4.78 is 0. The summed E-state index contributed by atoms with van der Waals surface area (Å²) in [6.45, 7) is 4.73. The molecule has 3 N–H and O–H groups in total. The summed E-state index contributed by atoms with van der Waals surface area (Å²) >= 11 is 0. The number of nitrogens with one attached hydrogen (secondary N) is 2. The smallest absolute Gasteiger partial charge is 0.231 e. The van der Waals surface area contributed by atoms with E-state index in [0.29, 0.717) is 56.0 Å². The van der Waals surface area contributed by atoms with Gasteiger partial charge in [0, 0.05) is 56.6 Å². The van der Waals surface area contributed by atoms with E-state index in [4.69, 9.17) is 0 Å². The lowest BCUT2D eigenvalue weighted by atomic mass is 10.0. The molecule has 0 bridgehead atoms. The largest absolute Gasteiger partial charge is 0.493 e. The lowest BCUT2D eigenvalue weighted by molar-refractivity contribution is 0.444. The van der Waals surface area contributed by atoms with E-state index in [-0.39, 0.29) is 5.88 Å². The second-order valence-electron chi connectivity index (χ2n) is 9.30. The van der Waals surface area contributed by atoms with Gasteiger partial charge in [-0.25, -0.2) is 15.0 Å². The highest BCUT2D eigenvalue weighted by Gasteiger charge is 2.22. The molecule has 0 amide bonds. The van der Waals surface area contributed by atoms with E-state index >= 15 is 0 Å². The zero-order chi connectivity index (χ0) is 25.0. The summed E-state index contributed by atoms with van der Waals surface area (Å²) in [6, 6.07) is 16.4. The molecule has 4 heterocycles. The van der Waals surface area contributed by atoms with E-state index in [2.05, 4.69) is 63.6 Å². The van der Waals surface area contributed by atoms with E-state index in [1.165, 1.54) is 11.1 Å². The first-order valence-corrected chi connectivity index (χ1v) is 12.6. The Morgan fingerprint density at radius 1 is 0.865 bits per heavy atom. The topological polar surface area (TPSA) is 115 Å². The maximum absolute atomic E-state index is 10.5. The fourth-order valence-electron chi connectivity index (χ4n) is 4.78. The van der Waals surface area contributed by atoms with Crippen molar-refractivity contribution in [3.63, 3.8) is 0 Å². The molecule has 0 aliphatic carbocycles. The van der Waals surface area contributed by atoms with Crippen LogP contribution in [0.25, 0.3) is 0 Å². The third-order valence-electron chi connectivity index (χ3n) is 6.82. The Balaban J connectivity index is 1.08. The van der Waals surface area contributed by atoms with Gasteiger partial charge in [0.1, 0.15) is 6.33 Å². The number of aromatic nitrogens is 5. The minimum atomic E-state index is 0.0300. The molecule has 1 fully saturated rings. The number of hydrogen-bond acceptors (Lipinski definition) is 10. The van der Waals surface area contributed by atoms with Gasteiger partial charge in [-0.2, -0.15) is 9.97 Å². The Hall–Kier alpha value is -4.31. The lowest BCUT2D eigenvalue weighted by Gasteiger charge is -2.34. The molecule has 1 saturated heterocycles. The van der Waals surface area contributed by atoms with Gasteiger partial charge in [-0.1, -0.05) is 36.4 Å². The van der Waals surface area contributed by atoms with Crippen molar-refractivity contribution in [2.24, 2.45) is 0 Å². The fraction of sp³-hybridized carbons (Fsp3) is 0.296. The minimum Gasteiger partial charge on any atom is -0.493 e. The normalized spacial score (nSPS) is 15.4. The molecule has 2 aromatic heterocycles. The second-order valence-corrected chi connectivity index (χ2v) is 9.30. The zero-order valence-electron chi connectivity index (χ0n) is 20.5. The van der Waals surface area contributed by atoms with Crippen molar-refractivity contribution in [1.29, 1.82) is 0 Å². The summed E-state index contributed by atoms with van der Waals surface area (Å²) in [6.07, 6.45) is 4.92. The molecule has 10 heteroatoms. The SMILES string of the molecule is Oc1nc(N2CCN(c3ncnc(Nc4ccc5c(c4)CNCC5)n3)CC2)ncc1Cc1ccccc1. The number of benzene rings is 2. The van der Waals surface area contributed by atoms with Gasteiger partial charge in [0.05, 0.1) is 0 Å². The van der Waals surface area contributed by atoms with Crippen LogP contribution in [-0.2, 0) is 19.4 Å². The number of aromatic hydroxyl groups is 1. The van der Waals surface area contributed by atoms with Crippen LogP contribution in [0.3, 0.4) is 0 Å². The molecule has 0 atom stereocenters. The Morgan fingerprint density at radius 3 is 2.43 bits per heavy atom. The molecule has 2 aliphatic heterocycles. The van der Waals surface area contributed by atoms with Gasteiger partial charge in [-0.3, -0.25) is 0 Å². The Kier molecular flexibility index (Phi) is 6.47. The van der Waals surface area contributed by atoms with Gasteiger partial charge in [-0.15, -0.1) is 0 Å². The highest BCUT2D eigenvalue weighted by Crippen LogP contribution is 2.23. The maximum atomic E-state index is 10.5. The molecule has 6 rings (SSSR count). The van der Waals surface area contributed by atoms with E-state index < -0.39 is 0 Å². The summed E-state index contributed by atoms with van der Waals surface area (Å²) in [4.78, 5) is 26.5. The molecule has 4 aromatic rings. The standard InChI is InChI=1S/C27H29N9O/c37-24-22(14-19-4-2-1-3-5-19)17-29-26(33-24)35-10-12-36(13-11-35)27-31-18-30-25(34-27)32-23-7-6-20-8-9-28-16-21(20)15-23/h1-7,15,17-18,28H,8-14,16H2,(H,29,33,37)(H,30,31,32,34). The average molecular weight is 496 g/mol. The van der Waals surface area contributed by atoms with Crippen LogP contribution < -0.4 is 20.4 Å². The number of nitrogens with zero attached hydrogens (tertiary/aromatic N) is 7. The van der Waals surface area contributed by atoms with Crippen molar-refractivity contribution >= 4 is 23.5 Å². The van der Waals surface area contributed by atoms with E-state index in [9.17, 15) is 5.11 Å². The third kappa shape index (κ3) is 5.29. The zero-order valence-corrected chi connectivity index (χ0v) is 20.5. The van der Waals surface area contributed by atoms with Crippen LogP contribution in [0, 0.1) is 0 Å². The number of hydrogen-bond donors (Lipinski definition) is 3. The lowest BCUT2D eigenvalue weighted by Crippen LogP contribution is -2.47. The van der Waals surface area contributed by atoms with Gasteiger partial charge < -0.3 is 25.5 Å². The van der Waals surface area contributed by atoms with Gasteiger partial charge in [0.15, 0.2) is 0 Å². The van der Waals surface area contributed by atoms with Crippen LogP contribution >= 0.6 is 0 Å². The summed E-state index contributed by atoms with van der Waals surface area (Å²) in [5.41, 5.74) is 5.49. The molecule has 188 valence electrons. The van der Waals surface area contributed by atoms with Crippen molar-refractivity contribution in [3.05, 3.63) is 83.3 Å². The molecule has 0 radical (unpaired) electrons. The van der Waals surface area contributed by atoms with Gasteiger partial charge in [-0.05, 0) is 41.8 Å². The molecule has 0 spiro atoms. The maximum Gasteiger partial charge on any atom is 0.231 e. The van der Waals surface area contributed by atoms with E-state index in [0.717, 1.165) is 30.8 Å². The Bertz CT molecular complexity index is 1370. The van der Waals surface area contributed by atoms with Crippen molar-refractivity contribution < 1.29 is 5.11 Å². The number of piperazine rings is 1. The molecular weight excluding hydrogens is 466 g/mol. The van der Waals surface area contributed by atoms with Crippen molar-refractivity contribution in [2.75, 3.05) is 47.8 Å². The van der Waals surface area contributed by atoms with Crippen LogP contribution in [0.1, 0.15) is 22.3 Å². The summed E-state index contributed by atoms with van der Waals surface area (Å²) in [5, 5.41) is 17.2. The first-order chi connectivity index (χ1) is 18.2. The van der Waals surface area contributed by atoms with Crippen molar-refractivity contribution in [3.8, 4) is 5.88 Å². The van der Waals surface area contributed by atoms with E-state index in [1.54, 1.807) is 12.5 Å². The summed E-state index contributed by atoms with van der Waals surface area (Å²) in [5.74, 6) is 1.73. The van der Waals surface area contributed by atoms with Gasteiger partial charge in [0.25, 0.3) is 0 Å². The van der Waals surface area contributed by atoms with Gasteiger partial charge in [0.2, 0.25) is 23.7 Å². The number of anilines is 4. The average Bonchev–Trinajstić information content (AvgIpc) is 2.95. The van der Waals surface area contributed by atoms with Crippen LogP contribution in [0.2, 0.25) is 0 Å². The van der Waals surface area contributed by atoms with Crippen molar-refractivity contribution in [1.82, 2.24) is 30.2 Å².